The lowest BCUT2D eigenvalue weighted by Crippen LogP contribution is -2.56. The zero-order valence-corrected chi connectivity index (χ0v) is 16.9. The predicted octanol–water partition coefficient (Wildman–Crippen LogP) is 2.24. The van der Waals surface area contributed by atoms with Gasteiger partial charge in [0, 0.05) is 38.2 Å². The summed E-state index contributed by atoms with van der Waals surface area (Å²) in [5.74, 6) is -3.21. The van der Waals surface area contributed by atoms with Gasteiger partial charge in [0.1, 0.15) is 5.82 Å². The fourth-order valence-electron chi connectivity index (χ4n) is 3.17. The van der Waals surface area contributed by atoms with E-state index in [0.717, 1.165) is 6.07 Å². The summed E-state index contributed by atoms with van der Waals surface area (Å²) in [7, 11) is 1.66. The van der Waals surface area contributed by atoms with Crippen molar-refractivity contribution in [1.82, 2.24) is 15.5 Å². The Morgan fingerprint density at radius 1 is 1.29 bits per heavy atom. The van der Waals surface area contributed by atoms with E-state index in [2.05, 4.69) is 10.6 Å². The number of carbonyl (C=O) groups excluding carboxylic acids is 1. The maximum Gasteiger partial charge on any atom is 0.224 e. The van der Waals surface area contributed by atoms with Crippen LogP contribution in [-0.2, 0) is 16.0 Å². The van der Waals surface area contributed by atoms with Gasteiger partial charge in [0.2, 0.25) is 5.91 Å². The van der Waals surface area contributed by atoms with E-state index in [0.29, 0.717) is 32.3 Å². The third kappa shape index (κ3) is 6.46. The average Bonchev–Trinajstić information content (AvgIpc) is 2.63. The van der Waals surface area contributed by atoms with Gasteiger partial charge in [-0.3, -0.25) is 4.79 Å². The van der Waals surface area contributed by atoms with Gasteiger partial charge in [0.25, 0.3) is 0 Å². The Morgan fingerprint density at radius 3 is 2.61 bits per heavy atom. The first-order valence-electron chi connectivity index (χ1n) is 9.55. The Morgan fingerprint density at radius 2 is 1.96 bits per heavy atom. The second kappa shape index (κ2) is 9.71. The van der Waals surface area contributed by atoms with Crippen LogP contribution in [0.25, 0.3) is 0 Å². The molecule has 0 unspecified atom stereocenters. The van der Waals surface area contributed by atoms with Crippen LogP contribution >= 0.6 is 0 Å². The molecule has 0 aromatic heterocycles. The molecule has 0 spiro atoms. The van der Waals surface area contributed by atoms with Crippen LogP contribution in [0.4, 0.5) is 13.2 Å². The lowest BCUT2D eigenvalue weighted by Gasteiger charge is -2.38. The third-order valence-electron chi connectivity index (χ3n) is 4.76. The Kier molecular flexibility index (Phi) is 7.86. The maximum atomic E-state index is 13.9. The molecule has 1 aliphatic rings. The van der Waals surface area contributed by atoms with Gasteiger partial charge in [-0.05, 0) is 45.9 Å². The molecule has 0 radical (unpaired) electrons. The van der Waals surface area contributed by atoms with Crippen molar-refractivity contribution in [2.24, 2.45) is 0 Å². The zero-order valence-electron chi connectivity index (χ0n) is 16.9. The van der Waals surface area contributed by atoms with E-state index in [1.54, 1.807) is 11.9 Å². The lowest BCUT2D eigenvalue weighted by atomic mass is 10.0. The van der Waals surface area contributed by atoms with Crippen molar-refractivity contribution in [2.45, 2.75) is 51.3 Å². The molecule has 0 saturated carbocycles. The van der Waals surface area contributed by atoms with Gasteiger partial charge in [-0.15, -0.1) is 0 Å². The molecule has 158 valence electrons. The molecule has 28 heavy (non-hydrogen) atoms. The smallest absolute Gasteiger partial charge is 0.224 e. The van der Waals surface area contributed by atoms with Gasteiger partial charge in [-0.25, -0.2) is 13.2 Å². The Labute approximate surface area is 164 Å². The van der Waals surface area contributed by atoms with E-state index >= 15 is 0 Å². The summed E-state index contributed by atoms with van der Waals surface area (Å²) in [6.07, 6.45) is 0.210. The maximum absolute atomic E-state index is 13.9. The van der Waals surface area contributed by atoms with Crippen LogP contribution in [0.2, 0.25) is 0 Å². The Hall–Kier alpha value is -1.64. The Balaban J connectivity index is 2.02. The van der Waals surface area contributed by atoms with Crippen molar-refractivity contribution in [3.05, 3.63) is 35.1 Å². The molecule has 2 atom stereocenters. The summed E-state index contributed by atoms with van der Waals surface area (Å²) in [5.41, 5.74) is -0.261. The highest BCUT2D eigenvalue weighted by molar-refractivity contribution is 5.77. The predicted molar refractivity (Wildman–Crippen MR) is 102 cm³/mol. The van der Waals surface area contributed by atoms with Crippen LogP contribution in [0.1, 0.15) is 32.8 Å². The number of rotatable bonds is 7. The molecule has 8 heteroatoms. The highest BCUT2D eigenvalue weighted by atomic mass is 19.2. The van der Waals surface area contributed by atoms with Crippen LogP contribution in [0.15, 0.2) is 12.1 Å². The number of likely N-dealkylation sites (N-methyl/N-ethyl adjacent to an activating group) is 1. The first-order chi connectivity index (χ1) is 13.1. The SMILES string of the molecule is CN[C@@H](CC(=O)N1CCNC[C@H]1COC(C)(C)C)Cc1cc(F)c(F)cc1F. The van der Waals surface area contributed by atoms with Gasteiger partial charge >= 0.3 is 0 Å². The van der Waals surface area contributed by atoms with Crippen LogP contribution in [0.3, 0.4) is 0 Å². The largest absolute Gasteiger partial charge is 0.374 e. The second-order valence-electron chi connectivity index (χ2n) is 8.12. The molecule has 1 aromatic rings. The van der Waals surface area contributed by atoms with E-state index < -0.39 is 23.5 Å². The Bertz CT molecular complexity index is 679. The molecule has 1 amide bonds. The number of nitrogens with one attached hydrogen (secondary N) is 2. The minimum Gasteiger partial charge on any atom is -0.374 e. The standard InChI is InChI=1S/C20H30F3N3O2/c1-20(2,3)28-12-15-11-25-5-6-26(15)19(27)9-14(24-4)7-13-8-17(22)18(23)10-16(13)21/h8,10,14-15,24-25H,5-7,9,11-12H2,1-4H3/t14-,15+/m1/s1. The van der Waals surface area contributed by atoms with Crippen LogP contribution in [0.5, 0.6) is 0 Å². The summed E-state index contributed by atoms with van der Waals surface area (Å²) in [6, 6.07) is 0.906. The van der Waals surface area contributed by atoms with Crippen LogP contribution < -0.4 is 10.6 Å². The summed E-state index contributed by atoms with van der Waals surface area (Å²) in [4.78, 5) is 14.7. The molecule has 5 nitrogen and oxygen atoms in total. The van der Waals surface area contributed by atoms with Gasteiger partial charge in [-0.2, -0.15) is 0 Å². The number of amides is 1. The summed E-state index contributed by atoms with van der Waals surface area (Å²) in [5, 5.41) is 6.24. The number of nitrogens with zero attached hydrogens (tertiary/aromatic N) is 1. The van der Waals surface area contributed by atoms with Crippen molar-refractivity contribution in [3.63, 3.8) is 0 Å². The molecule has 1 heterocycles. The number of carbonyl (C=O) groups is 1. The topological polar surface area (TPSA) is 53.6 Å². The lowest BCUT2D eigenvalue weighted by molar-refractivity contribution is -0.138. The van der Waals surface area contributed by atoms with Crippen molar-refractivity contribution in [3.8, 4) is 0 Å². The van der Waals surface area contributed by atoms with E-state index in [1.165, 1.54) is 0 Å². The molecule has 0 aliphatic carbocycles. The highest BCUT2D eigenvalue weighted by Gasteiger charge is 2.29. The normalized spacial score (nSPS) is 19.0. The summed E-state index contributed by atoms with van der Waals surface area (Å²) >= 11 is 0. The molecule has 2 rings (SSSR count). The number of hydrogen-bond acceptors (Lipinski definition) is 4. The number of piperazine rings is 1. The van der Waals surface area contributed by atoms with Crippen LogP contribution in [-0.4, -0.2) is 61.8 Å². The molecule has 1 aromatic carbocycles. The third-order valence-corrected chi connectivity index (χ3v) is 4.76. The summed E-state index contributed by atoms with van der Waals surface area (Å²) in [6.45, 7) is 8.20. The second-order valence-corrected chi connectivity index (χ2v) is 8.12. The van der Waals surface area contributed by atoms with Crippen molar-refractivity contribution in [2.75, 3.05) is 33.3 Å². The number of halogens is 3. The zero-order chi connectivity index (χ0) is 20.9. The van der Waals surface area contributed by atoms with Crippen molar-refractivity contribution >= 4 is 5.91 Å². The van der Waals surface area contributed by atoms with Crippen molar-refractivity contribution in [1.29, 1.82) is 0 Å². The van der Waals surface area contributed by atoms with Gasteiger partial charge in [-0.1, -0.05) is 0 Å². The molecule has 2 N–H and O–H groups in total. The fourth-order valence-corrected chi connectivity index (χ4v) is 3.17. The van der Waals surface area contributed by atoms with Gasteiger partial charge < -0.3 is 20.3 Å². The number of ether oxygens (including phenoxy) is 1. The van der Waals surface area contributed by atoms with E-state index in [1.807, 2.05) is 20.8 Å². The molecular weight excluding hydrogens is 371 g/mol. The van der Waals surface area contributed by atoms with Crippen molar-refractivity contribution < 1.29 is 22.7 Å². The number of benzene rings is 1. The van der Waals surface area contributed by atoms with Gasteiger partial charge in [0.15, 0.2) is 11.6 Å². The highest BCUT2D eigenvalue weighted by Crippen LogP contribution is 2.18. The minimum absolute atomic E-state index is 0.0407. The first-order valence-corrected chi connectivity index (χ1v) is 9.55. The summed E-state index contributed by atoms with van der Waals surface area (Å²) < 4.78 is 46.3. The van der Waals surface area contributed by atoms with Crippen LogP contribution in [0, 0.1) is 17.5 Å². The molecule has 0 bridgehead atoms. The first kappa shape index (κ1) is 22.6. The monoisotopic (exact) mass is 401 g/mol. The minimum atomic E-state index is -1.22. The molecular formula is C20H30F3N3O2. The molecule has 1 fully saturated rings. The van der Waals surface area contributed by atoms with E-state index in [4.69, 9.17) is 4.74 Å². The molecule has 1 aliphatic heterocycles. The quantitative estimate of drug-likeness (QED) is 0.688. The van der Waals surface area contributed by atoms with E-state index in [9.17, 15) is 18.0 Å². The fraction of sp³-hybridized carbons (Fsp3) is 0.650. The van der Waals surface area contributed by atoms with E-state index in [-0.39, 0.29) is 36.0 Å². The molecule has 1 saturated heterocycles. The number of hydrogen-bond donors (Lipinski definition) is 2. The van der Waals surface area contributed by atoms with Gasteiger partial charge in [0.05, 0.1) is 18.2 Å². The average molecular weight is 401 g/mol.